The lowest BCUT2D eigenvalue weighted by molar-refractivity contribution is 0.228. The van der Waals surface area contributed by atoms with Gasteiger partial charge in [-0.2, -0.15) is 0 Å². The second kappa shape index (κ2) is 5.91. The van der Waals surface area contributed by atoms with Crippen LogP contribution in [0.1, 0.15) is 13.8 Å². The summed E-state index contributed by atoms with van der Waals surface area (Å²) >= 11 is 8.61. The molecule has 1 aromatic heterocycles. The van der Waals surface area contributed by atoms with Crippen LogP contribution in [-0.4, -0.2) is 28.2 Å². The van der Waals surface area contributed by atoms with Gasteiger partial charge in [-0.1, -0.05) is 11.6 Å². The van der Waals surface area contributed by atoms with Crippen LogP contribution in [0.15, 0.2) is 22.5 Å². The minimum Gasteiger partial charge on any atom is -0.334 e. The Kier molecular flexibility index (Phi) is 4.48. The topological polar surface area (TPSA) is 33.2 Å². The molecule has 0 N–H and O–H groups in total. The first-order valence-corrected chi connectivity index (χ1v) is 7.68. The van der Waals surface area contributed by atoms with Crippen molar-refractivity contribution in [2.75, 3.05) is 13.1 Å². The number of hydrogen-bond acceptors (Lipinski definition) is 4. The highest BCUT2D eigenvalue weighted by Gasteiger charge is 2.14. The molecule has 1 aromatic carbocycles. The molecular formula is C12H13ClN2OS2. The van der Waals surface area contributed by atoms with Crippen LogP contribution in [0.25, 0.3) is 10.2 Å². The van der Waals surface area contributed by atoms with Crippen molar-refractivity contribution in [3.8, 4) is 0 Å². The number of carbonyl (C=O) groups excluding carboxylic acids is 1. The molecule has 1 amide bonds. The Morgan fingerprint density at radius 3 is 2.83 bits per heavy atom. The van der Waals surface area contributed by atoms with Gasteiger partial charge in [0, 0.05) is 29.9 Å². The van der Waals surface area contributed by atoms with Crippen LogP contribution < -0.4 is 0 Å². The number of fused-ring (bicyclic) bond motifs is 1. The Morgan fingerprint density at radius 2 is 2.17 bits per heavy atom. The molecule has 0 aliphatic rings. The summed E-state index contributed by atoms with van der Waals surface area (Å²) in [4.78, 5) is 18.1. The van der Waals surface area contributed by atoms with Gasteiger partial charge in [0.05, 0.1) is 10.2 Å². The summed E-state index contributed by atoms with van der Waals surface area (Å²) in [7, 11) is 0. The van der Waals surface area contributed by atoms with Crippen molar-refractivity contribution in [2.45, 2.75) is 18.2 Å². The molecule has 0 spiro atoms. The monoisotopic (exact) mass is 300 g/mol. The lowest BCUT2D eigenvalue weighted by atomic mass is 10.3. The number of thiazole rings is 1. The summed E-state index contributed by atoms with van der Waals surface area (Å²) in [6.07, 6.45) is 0. The number of carbonyl (C=O) groups is 1. The number of nitrogens with zero attached hydrogens (tertiary/aromatic N) is 2. The van der Waals surface area contributed by atoms with Crippen LogP contribution in [-0.2, 0) is 0 Å². The molecule has 6 heteroatoms. The Morgan fingerprint density at radius 1 is 1.44 bits per heavy atom. The van der Waals surface area contributed by atoms with E-state index in [1.165, 1.54) is 23.1 Å². The highest BCUT2D eigenvalue weighted by Crippen LogP contribution is 2.32. The van der Waals surface area contributed by atoms with E-state index in [0.717, 1.165) is 27.6 Å². The van der Waals surface area contributed by atoms with E-state index in [1.807, 2.05) is 32.0 Å². The van der Waals surface area contributed by atoms with Crippen LogP contribution in [0.3, 0.4) is 0 Å². The molecule has 0 aliphatic heterocycles. The van der Waals surface area contributed by atoms with Gasteiger partial charge in [0.15, 0.2) is 4.34 Å². The maximum Gasteiger partial charge on any atom is 0.288 e. The fourth-order valence-corrected chi connectivity index (χ4v) is 3.72. The van der Waals surface area contributed by atoms with Gasteiger partial charge in [0.2, 0.25) is 0 Å². The molecule has 0 saturated carbocycles. The second-order valence-corrected chi connectivity index (χ2v) is 6.30. The molecule has 96 valence electrons. The first-order chi connectivity index (χ1) is 8.63. The molecule has 0 unspecified atom stereocenters. The highest BCUT2D eigenvalue weighted by atomic mass is 35.5. The van der Waals surface area contributed by atoms with E-state index in [2.05, 4.69) is 4.98 Å². The number of hydrogen-bond donors (Lipinski definition) is 0. The predicted octanol–water partition coefficient (Wildman–Crippen LogP) is 4.50. The molecule has 0 aliphatic carbocycles. The molecule has 1 heterocycles. The maximum absolute atomic E-state index is 11.9. The molecule has 0 radical (unpaired) electrons. The molecular weight excluding hydrogens is 288 g/mol. The zero-order valence-corrected chi connectivity index (χ0v) is 12.5. The molecule has 0 saturated heterocycles. The lowest BCUT2D eigenvalue weighted by Crippen LogP contribution is -2.26. The second-order valence-electron chi connectivity index (χ2n) is 3.63. The van der Waals surface area contributed by atoms with Crippen molar-refractivity contribution in [2.24, 2.45) is 0 Å². The van der Waals surface area contributed by atoms with E-state index in [4.69, 9.17) is 11.6 Å². The summed E-state index contributed by atoms with van der Waals surface area (Å²) in [6.45, 7) is 5.39. The maximum atomic E-state index is 11.9. The number of rotatable bonds is 3. The minimum absolute atomic E-state index is 0.0464. The van der Waals surface area contributed by atoms with Crippen molar-refractivity contribution in [1.82, 2.24) is 9.88 Å². The average Bonchev–Trinajstić information content (AvgIpc) is 2.71. The van der Waals surface area contributed by atoms with Gasteiger partial charge >= 0.3 is 0 Å². The molecule has 2 rings (SSSR count). The van der Waals surface area contributed by atoms with Gasteiger partial charge in [0.25, 0.3) is 5.24 Å². The zero-order valence-electron chi connectivity index (χ0n) is 10.1. The third-order valence-electron chi connectivity index (χ3n) is 2.53. The quantitative estimate of drug-likeness (QED) is 0.782. The van der Waals surface area contributed by atoms with E-state index in [1.54, 1.807) is 4.90 Å². The number of thioether (sulfide) groups is 1. The third-order valence-corrected chi connectivity index (χ3v) is 4.79. The van der Waals surface area contributed by atoms with Gasteiger partial charge in [-0.15, -0.1) is 11.3 Å². The molecule has 2 aromatic rings. The van der Waals surface area contributed by atoms with Crippen LogP contribution in [0.4, 0.5) is 4.79 Å². The van der Waals surface area contributed by atoms with E-state index >= 15 is 0 Å². The summed E-state index contributed by atoms with van der Waals surface area (Å²) in [5, 5.41) is 0.713. The van der Waals surface area contributed by atoms with Crippen molar-refractivity contribution >= 4 is 50.2 Å². The largest absolute Gasteiger partial charge is 0.334 e. The molecule has 18 heavy (non-hydrogen) atoms. The van der Waals surface area contributed by atoms with Crippen LogP contribution in [0.5, 0.6) is 0 Å². The van der Waals surface area contributed by atoms with Gasteiger partial charge in [-0.25, -0.2) is 4.98 Å². The Hall–Kier alpha value is -0.780. The number of aromatic nitrogens is 1. The fourth-order valence-electron chi connectivity index (χ4n) is 1.54. The summed E-state index contributed by atoms with van der Waals surface area (Å²) < 4.78 is 1.82. The smallest absolute Gasteiger partial charge is 0.288 e. The number of amides is 1. The predicted molar refractivity (Wildman–Crippen MR) is 78.8 cm³/mol. The molecule has 0 fully saturated rings. The van der Waals surface area contributed by atoms with E-state index in [9.17, 15) is 4.79 Å². The average molecular weight is 301 g/mol. The van der Waals surface area contributed by atoms with Crippen LogP contribution in [0, 0.1) is 0 Å². The molecule has 3 nitrogen and oxygen atoms in total. The number of benzene rings is 1. The molecule has 0 atom stereocenters. The van der Waals surface area contributed by atoms with Crippen molar-refractivity contribution in [3.05, 3.63) is 23.2 Å². The third kappa shape index (κ3) is 2.96. The number of halogens is 1. The van der Waals surface area contributed by atoms with Gasteiger partial charge < -0.3 is 4.90 Å². The van der Waals surface area contributed by atoms with Crippen LogP contribution in [0.2, 0.25) is 5.02 Å². The van der Waals surface area contributed by atoms with Crippen molar-refractivity contribution in [1.29, 1.82) is 0 Å². The van der Waals surface area contributed by atoms with Gasteiger partial charge in [0.1, 0.15) is 0 Å². The Bertz CT molecular complexity index is 566. The summed E-state index contributed by atoms with van der Waals surface area (Å²) in [6, 6.07) is 5.59. The van der Waals surface area contributed by atoms with Gasteiger partial charge in [-0.05, 0) is 32.0 Å². The van der Waals surface area contributed by atoms with Crippen LogP contribution >= 0.6 is 34.7 Å². The standard InChI is InChI=1S/C12H13ClN2OS2/c1-3-15(4-2)12(16)18-11-14-9-7-8(13)5-6-10(9)17-11/h5-7H,3-4H2,1-2H3. The SMILES string of the molecule is CCN(CC)C(=O)Sc1nc2cc(Cl)ccc2s1. The minimum atomic E-state index is 0.0464. The van der Waals surface area contributed by atoms with Gasteiger partial charge in [-0.3, -0.25) is 4.79 Å². The summed E-state index contributed by atoms with van der Waals surface area (Å²) in [5.41, 5.74) is 0.849. The van der Waals surface area contributed by atoms with E-state index < -0.39 is 0 Å². The Labute approximate surface area is 119 Å². The van der Waals surface area contributed by atoms with Crippen molar-refractivity contribution < 1.29 is 4.79 Å². The normalized spacial score (nSPS) is 10.8. The van der Waals surface area contributed by atoms with E-state index in [-0.39, 0.29) is 5.24 Å². The highest BCUT2D eigenvalue weighted by molar-refractivity contribution is 8.14. The van der Waals surface area contributed by atoms with E-state index in [0.29, 0.717) is 5.02 Å². The summed E-state index contributed by atoms with van der Waals surface area (Å²) in [5.74, 6) is 0. The van der Waals surface area contributed by atoms with Crippen molar-refractivity contribution in [3.63, 3.8) is 0 Å². The lowest BCUT2D eigenvalue weighted by Gasteiger charge is -2.16. The molecule has 0 bridgehead atoms. The zero-order chi connectivity index (χ0) is 13.1. The fraction of sp³-hybridized carbons (Fsp3) is 0.333. The Balaban J connectivity index is 2.19. The first-order valence-electron chi connectivity index (χ1n) is 5.67. The first kappa shape index (κ1) is 13.6.